The Balaban J connectivity index is 2.28. The van der Waals surface area contributed by atoms with E-state index in [-0.39, 0.29) is 0 Å². The van der Waals surface area contributed by atoms with Crippen LogP contribution in [0.4, 0.5) is 11.4 Å². The number of piperidine rings is 1. The lowest BCUT2D eigenvalue weighted by atomic mass is 9.99. The van der Waals surface area contributed by atoms with Crippen LogP contribution in [0.1, 0.15) is 19.8 Å². The van der Waals surface area contributed by atoms with Gasteiger partial charge in [0, 0.05) is 13.1 Å². The Hall–Kier alpha value is -1.67. The molecule has 2 rings (SSSR count). The van der Waals surface area contributed by atoms with Gasteiger partial charge in [0.1, 0.15) is 0 Å². The first-order valence-corrected chi connectivity index (χ1v) is 8.09. The maximum atomic E-state index is 8.73. The largest absolute Gasteiger partial charge is 0.370 e. The lowest BCUT2D eigenvalue weighted by Gasteiger charge is -2.33. The van der Waals surface area contributed by atoms with E-state index in [1.54, 1.807) is 0 Å². The Labute approximate surface area is 124 Å². The van der Waals surface area contributed by atoms with Crippen LogP contribution in [0.25, 0.3) is 0 Å². The van der Waals surface area contributed by atoms with Gasteiger partial charge >= 0.3 is 0 Å². The smallest absolute Gasteiger partial charge is 0.183 e. The first kappa shape index (κ1) is 14.7. The summed E-state index contributed by atoms with van der Waals surface area (Å²) < 4.78 is 0. The fraction of sp³-hybridized carbons (Fsp3) is 0.467. The summed E-state index contributed by atoms with van der Waals surface area (Å²) in [7, 11) is 0. The van der Waals surface area contributed by atoms with Gasteiger partial charge in [0.2, 0.25) is 0 Å². The highest BCUT2D eigenvalue weighted by Crippen LogP contribution is 2.32. The van der Waals surface area contributed by atoms with E-state index in [9.17, 15) is 0 Å². The first-order valence-electron chi connectivity index (χ1n) is 6.86. The van der Waals surface area contributed by atoms with Gasteiger partial charge in [0.05, 0.1) is 11.4 Å². The second-order valence-corrected chi connectivity index (χ2v) is 5.83. The van der Waals surface area contributed by atoms with Crippen molar-refractivity contribution < 1.29 is 0 Å². The molecule has 1 aliphatic heterocycles. The molecule has 0 spiro atoms. The van der Waals surface area contributed by atoms with Crippen LogP contribution in [0.3, 0.4) is 0 Å². The molecule has 1 N–H and O–H groups in total. The van der Waals surface area contributed by atoms with Crippen molar-refractivity contribution in [3.8, 4) is 6.19 Å². The molecule has 1 heterocycles. The van der Waals surface area contributed by atoms with Gasteiger partial charge < -0.3 is 4.90 Å². The number of para-hydroxylation sites is 2. The van der Waals surface area contributed by atoms with Crippen LogP contribution in [-0.2, 0) is 0 Å². The zero-order valence-electron chi connectivity index (χ0n) is 12.0. The molecule has 1 aromatic rings. The van der Waals surface area contributed by atoms with Crippen LogP contribution in [-0.4, -0.2) is 24.5 Å². The Bertz CT molecular complexity index is 521. The van der Waals surface area contributed by atoms with E-state index >= 15 is 0 Å². The molecular formula is C15H20N4S. The fourth-order valence-corrected chi connectivity index (χ4v) is 2.85. The number of anilines is 1. The molecule has 1 unspecified atom stereocenters. The minimum atomic E-state index is 0.630. The summed E-state index contributed by atoms with van der Waals surface area (Å²) >= 11 is 1.44. The van der Waals surface area contributed by atoms with E-state index < -0.39 is 0 Å². The summed E-state index contributed by atoms with van der Waals surface area (Å²) in [5.74, 6) is 0.720. The molecule has 5 heteroatoms. The topological polar surface area (TPSA) is 51.4 Å². The molecule has 0 aliphatic carbocycles. The maximum absolute atomic E-state index is 8.73. The minimum Gasteiger partial charge on any atom is -0.370 e. The molecule has 0 amide bonds. The minimum absolute atomic E-state index is 0.630. The first-order chi connectivity index (χ1) is 9.74. The molecule has 0 aromatic heterocycles. The zero-order chi connectivity index (χ0) is 14.4. The molecule has 1 atom stereocenters. The molecule has 0 saturated carbocycles. The molecule has 0 bridgehead atoms. The van der Waals surface area contributed by atoms with Gasteiger partial charge in [-0.05, 0) is 37.1 Å². The number of nitrogens with one attached hydrogen (secondary N) is 1. The fourth-order valence-electron chi connectivity index (χ4n) is 2.52. The third-order valence-electron chi connectivity index (χ3n) is 3.46. The van der Waals surface area contributed by atoms with Crippen molar-refractivity contribution in [3.63, 3.8) is 0 Å². The third-order valence-corrected chi connectivity index (χ3v) is 4.04. The average molecular weight is 288 g/mol. The highest BCUT2D eigenvalue weighted by molar-refractivity contribution is 8.13. The van der Waals surface area contributed by atoms with E-state index in [0.29, 0.717) is 5.17 Å². The highest BCUT2D eigenvalue weighted by Gasteiger charge is 2.18. The number of hydrogen-bond acceptors (Lipinski definition) is 4. The lowest BCUT2D eigenvalue weighted by Crippen LogP contribution is -2.34. The number of amidine groups is 1. The number of thioether (sulfide) groups is 1. The van der Waals surface area contributed by atoms with Crippen LogP contribution in [0.2, 0.25) is 0 Å². The Morgan fingerprint density at radius 3 is 3.00 bits per heavy atom. The van der Waals surface area contributed by atoms with E-state index in [1.165, 1.54) is 24.6 Å². The Morgan fingerprint density at radius 1 is 1.50 bits per heavy atom. The van der Waals surface area contributed by atoms with Gasteiger partial charge in [-0.15, -0.1) is 0 Å². The SMILES string of the molecule is CSC(=Nc1ccccc1N1CCCC(C)C1)NC#N. The molecule has 106 valence electrons. The van der Waals surface area contributed by atoms with Crippen molar-refractivity contribution >= 4 is 28.3 Å². The van der Waals surface area contributed by atoms with Gasteiger partial charge in [-0.2, -0.15) is 5.26 Å². The summed E-state index contributed by atoms with van der Waals surface area (Å²) in [6.45, 7) is 4.45. The van der Waals surface area contributed by atoms with Crippen LogP contribution >= 0.6 is 11.8 Å². The number of aliphatic imine (C=N–C) groups is 1. The number of nitriles is 1. The van der Waals surface area contributed by atoms with Crippen molar-refractivity contribution in [3.05, 3.63) is 24.3 Å². The van der Waals surface area contributed by atoms with Crippen LogP contribution in [0, 0.1) is 17.4 Å². The van der Waals surface area contributed by atoms with E-state index in [1.807, 2.05) is 30.6 Å². The molecule has 0 radical (unpaired) electrons. The standard InChI is InChI=1S/C15H20N4S/c1-12-6-5-9-19(10-12)14-8-4-3-7-13(14)18-15(20-2)17-11-16/h3-4,7-8,12H,5-6,9-10H2,1-2H3,(H,17,18). The van der Waals surface area contributed by atoms with Gasteiger partial charge in [0.15, 0.2) is 11.4 Å². The van der Waals surface area contributed by atoms with Crippen molar-refractivity contribution in [1.82, 2.24) is 5.32 Å². The number of hydrogen-bond donors (Lipinski definition) is 1. The molecular weight excluding hydrogens is 268 g/mol. The number of nitrogens with zero attached hydrogens (tertiary/aromatic N) is 3. The summed E-state index contributed by atoms with van der Waals surface area (Å²) in [5.41, 5.74) is 2.08. The predicted octanol–water partition coefficient (Wildman–Crippen LogP) is 3.34. The predicted molar refractivity (Wildman–Crippen MR) is 86.4 cm³/mol. The van der Waals surface area contributed by atoms with Gasteiger partial charge in [-0.1, -0.05) is 30.8 Å². The summed E-state index contributed by atoms with van der Waals surface area (Å²) in [6, 6.07) is 8.15. The van der Waals surface area contributed by atoms with Gasteiger partial charge in [0.25, 0.3) is 0 Å². The van der Waals surface area contributed by atoms with Gasteiger partial charge in [-0.3, -0.25) is 5.32 Å². The van der Waals surface area contributed by atoms with Crippen molar-refractivity contribution in [2.24, 2.45) is 10.9 Å². The molecule has 4 nitrogen and oxygen atoms in total. The third kappa shape index (κ3) is 3.67. The van der Waals surface area contributed by atoms with Crippen LogP contribution in [0.5, 0.6) is 0 Å². The van der Waals surface area contributed by atoms with Crippen molar-refractivity contribution in [2.45, 2.75) is 19.8 Å². The van der Waals surface area contributed by atoms with Gasteiger partial charge in [-0.25, -0.2) is 4.99 Å². The molecule has 1 fully saturated rings. The van der Waals surface area contributed by atoms with Crippen molar-refractivity contribution in [1.29, 1.82) is 5.26 Å². The van der Waals surface area contributed by atoms with E-state index in [0.717, 1.165) is 30.4 Å². The Morgan fingerprint density at radius 2 is 2.30 bits per heavy atom. The number of rotatable bonds is 2. The summed E-state index contributed by atoms with van der Waals surface area (Å²) in [5, 5.41) is 12.0. The second kappa shape index (κ2) is 7.20. The summed E-state index contributed by atoms with van der Waals surface area (Å²) in [4.78, 5) is 6.97. The molecule has 1 aliphatic rings. The van der Waals surface area contributed by atoms with Crippen LogP contribution < -0.4 is 10.2 Å². The van der Waals surface area contributed by atoms with E-state index in [2.05, 4.69) is 28.2 Å². The molecule has 1 saturated heterocycles. The van der Waals surface area contributed by atoms with Crippen molar-refractivity contribution in [2.75, 3.05) is 24.2 Å². The average Bonchev–Trinajstić information content (AvgIpc) is 2.47. The molecule has 20 heavy (non-hydrogen) atoms. The van der Waals surface area contributed by atoms with Crippen LogP contribution in [0.15, 0.2) is 29.3 Å². The summed E-state index contributed by atoms with van der Waals surface area (Å²) in [6.07, 6.45) is 6.37. The normalized spacial score (nSPS) is 19.6. The maximum Gasteiger partial charge on any atom is 0.183 e. The monoisotopic (exact) mass is 288 g/mol. The second-order valence-electron chi connectivity index (χ2n) is 5.04. The number of benzene rings is 1. The lowest BCUT2D eigenvalue weighted by molar-refractivity contribution is 0.447. The van der Waals surface area contributed by atoms with E-state index in [4.69, 9.17) is 5.26 Å². The zero-order valence-corrected chi connectivity index (χ0v) is 12.8. The quantitative estimate of drug-likeness (QED) is 0.392. The highest BCUT2D eigenvalue weighted by atomic mass is 32.2. The molecule has 1 aromatic carbocycles. The Kier molecular flexibility index (Phi) is 5.31.